The highest BCUT2D eigenvalue weighted by Gasteiger charge is 2.37. The number of benzene rings is 2. The molecule has 7 heteroatoms. The third kappa shape index (κ3) is 5.37. The van der Waals surface area contributed by atoms with Gasteiger partial charge in [0, 0.05) is 21.4 Å². The summed E-state index contributed by atoms with van der Waals surface area (Å²) in [5, 5.41) is 13.5. The maximum atomic E-state index is 13.0. The number of rotatable bonds is 6. The molecule has 0 bridgehead atoms. The predicted molar refractivity (Wildman–Crippen MR) is 122 cm³/mol. The van der Waals surface area contributed by atoms with E-state index in [0.717, 1.165) is 5.56 Å². The molecule has 5 nitrogen and oxygen atoms in total. The van der Waals surface area contributed by atoms with Crippen LogP contribution in [0.2, 0.25) is 10.0 Å². The Hall–Kier alpha value is -3.02. The molecule has 0 aliphatic carbocycles. The predicted octanol–water partition coefficient (Wildman–Crippen LogP) is 5.57. The molecule has 0 radical (unpaired) electrons. The summed E-state index contributed by atoms with van der Waals surface area (Å²) in [6.07, 6.45) is 3.57. The molecule has 1 atom stereocenters. The zero-order valence-electron chi connectivity index (χ0n) is 17.0. The number of ether oxygens (including phenoxy) is 1. The van der Waals surface area contributed by atoms with Gasteiger partial charge >= 0.3 is 11.9 Å². The number of carboxylic acids is 1. The quantitative estimate of drug-likeness (QED) is 0.554. The van der Waals surface area contributed by atoms with E-state index < -0.39 is 17.9 Å². The van der Waals surface area contributed by atoms with Crippen LogP contribution in [0.5, 0.6) is 0 Å². The molecule has 160 valence electrons. The van der Waals surface area contributed by atoms with Crippen LogP contribution in [0.3, 0.4) is 0 Å². The Morgan fingerprint density at radius 1 is 1.03 bits per heavy atom. The molecule has 2 aromatic rings. The van der Waals surface area contributed by atoms with Gasteiger partial charge in [0.2, 0.25) is 0 Å². The molecule has 31 heavy (non-hydrogen) atoms. The molecular weight excluding hydrogens is 437 g/mol. The van der Waals surface area contributed by atoms with Crippen molar-refractivity contribution in [2.24, 2.45) is 0 Å². The first-order chi connectivity index (χ1) is 14.8. The van der Waals surface area contributed by atoms with E-state index >= 15 is 0 Å². The fourth-order valence-corrected chi connectivity index (χ4v) is 4.12. The van der Waals surface area contributed by atoms with E-state index in [1.165, 1.54) is 0 Å². The van der Waals surface area contributed by atoms with Crippen LogP contribution >= 0.6 is 23.2 Å². The van der Waals surface area contributed by atoms with E-state index in [-0.39, 0.29) is 17.8 Å². The number of carboxylic acid groups (broad SMARTS) is 1. The van der Waals surface area contributed by atoms with Gasteiger partial charge in [-0.2, -0.15) is 0 Å². The number of esters is 1. The Balaban J connectivity index is 1.91. The van der Waals surface area contributed by atoms with Crippen molar-refractivity contribution in [3.63, 3.8) is 0 Å². The van der Waals surface area contributed by atoms with Crippen LogP contribution in [0.15, 0.2) is 77.1 Å². The second-order valence-corrected chi connectivity index (χ2v) is 7.93. The van der Waals surface area contributed by atoms with Crippen LogP contribution in [0.1, 0.15) is 30.9 Å². The van der Waals surface area contributed by atoms with Crippen molar-refractivity contribution in [2.75, 3.05) is 6.61 Å². The molecule has 2 aromatic carbocycles. The molecular formula is C24H21Cl2NO4. The van der Waals surface area contributed by atoms with Gasteiger partial charge in [-0.3, -0.25) is 0 Å². The van der Waals surface area contributed by atoms with Crippen molar-refractivity contribution in [3.05, 3.63) is 98.3 Å². The zero-order chi connectivity index (χ0) is 22.5. The molecule has 0 amide bonds. The fraction of sp³-hybridized carbons (Fsp3) is 0.167. The standard InChI is InChI=1S/C24H21Cl2NO4/c1-14-20(23(28)29)22(17-11-18(25)13-19(26)12-17)21(15(2)27-14)24(30)31-10-6-9-16-7-4-3-5-8-16/h3-9,11-13,22,27H,10H2,1-2H3,(H,28,29). The lowest BCUT2D eigenvalue weighted by atomic mass is 9.80. The van der Waals surface area contributed by atoms with Crippen LogP contribution in [0.25, 0.3) is 6.08 Å². The van der Waals surface area contributed by atoms with Crippen molar-refractivity contribution < 1.29 is 19.4 Å². The van der Waals surface area contributed by atoms with Crippen molar-refractivity contribution in [2.45, 2.75) is 19.8 Å². The zero-order valence-corrected chi connectivity index (χ0v) is 18.5. The highest BCUT2D eigenvalue weighted by molar-refractivity contribution is 6.34. The number of dihydropyridines is 1. The maximum Gasteiger partial charge on any atom is 0.337 e. The van der Waals surface area contributed by atoms with Crippen LogP contribution in [-0.4, -0.2) is 23.7 Å². The normalized spacial score (nSPS) is 16.5. The highest BCUT2D eigenvalue weighted by atomic mass is 35.5. The highest BCUT2D eigenvalue weighted by Crippen LogP contribution is 2.40. The van der Waals surface area contributed by atoms with E-state index in [4.69, 9.17) is 27.9 Å². The van der Waals surface area contributed by atoms with E-state index in [2.05, 4.69) is 5.32 Å². The Kier molecular flexibility index (Phi) is 7.21. The lowest BCUT2D eigenvalue weighted by Gasteiger charge is -2.29. The fourth-order valence-electron chi connectivity index (χ4n) is 3.57. The lowest BCUT2D eigenvalue weighted by Crippen LogP contribution is -2.31. The second-order valence-electron chi connectivity index (χ2n) is 7.05. The van der Waals surface area contributed by atoms with E-state index in [0.29, 0.717) is 27.0 Å². The number of nitrogens with one attached hydrogen (secondary N) is 1. The first-order valence-electron chi connectivity index (χ1n) is 9.54. The summed E-state index contributed by atoms with van der Waals surface area (Å²) >= 11 is 12.3. The van der Waals surface area contributed by atoms with E-state index in [1.54, 1.807) is 38.1 Å². The monoisotopic (exact) mass is 457 g/mol. The van der Waals surface area contributed by atoms with Gasteiger partial charge < -0.3 is 15.2 Å². The van der Waals surface area contributed by atoms with Gasteiger partial charge in [-0.15, -0.1) is 0 Å². The number of hydrogen-bond acceptors (Lipinski definition) is 4. The average molecular weight is 458 g/mol. The number of aliphatic carboxylic acids is 1. The van der Waals surface area contributed by atoms with Gasteiger partial charge in [0.25, 0.3) is 0 Å². The van der Waals surface area contributed by atoms with Gasteiger partial charge in [0.1, 0.15) is 6.61 Å². The second kappa shape index (κ2) is 9.86. The number of carbonyl (C=O) groups excluding carboxylic acids is 1. The van der Waals surface area contributed by atoms with Crippen molar-refractivity contribution >= 4 is 41.2 Å². The van der Waals surface area contributed by atoms with Gasteiger partial charge in [-0.1, -0.05) is 59.6 Å². The summed E-state index contributed by atoms with van der Waals surface area (Å²) in [5.41, 5.74) is 2.67. The molecule has 2 N–H and O–H groups in total. The Morgan fingerprint density at radius 3 is 2.26 bits per heavy atom. The minimum Gasteiger partial charge on any atom is -0.478 e. The summed E-state index contributed by atoms with van der Waals surface area (Å²) in [4.78, 5) is 25.1. The first-order valence-corrected chi connectivity index (χ1v) is 10.3. The molecule has 0 saturated carbocycles. The minimum absolute atomic E-state index is 0.0377. The van der Waals surface area contributed by atoms with Crippen LogP contribution in [0.4, 0.5) is 0 Å². The smallest absolute Gasteiger partial charge is 0.337 e. The van der Waals surface area contributed by atoms with Crippen LogP contribution < -0.4 is 5.32 Å². The summed E-state index contributed by atoms with van der Waals surface area (Å²) < 4.78 is 5.44. The van der Waals surface area contributed by atoms with Crippen molar-refractivity contribution in [1.82, 2.24) is 5.32 Å². The maximum absolute atomic E-state index is 13.0. The van der Waals surface area contributed by atoms with Crippen LogP contribution in [0, 0.1) is 0 Å². The van der Waals surface area contributed by atoms with Crippen molar-refractivity contribution in [3.8, 4) is 0 Å². The first kappa shape index (κ1) is 22.7. The molecule has 0 aromatic heterocycles. The molecule has 0 saturated heterocycles. The lowest BCUT2D eigenvalue weighted by molar-refractivity contribution is -0.138. The molecule has 3 rings (SSSR count). The number of hydrogen-bond donors (Lipinski definition) is 2. The summed E-state index contributed by atoms with van der Waals surface area (Å²) in [5.74, 6) is -2.64. The average Bonchev–Trinajstić information content (AvgIpc) is 2.70. The number of allylic oxidation sites excluding steroid dienone is 2. The largest absolute Gasteiger partial charge is 0.478 e. The Morgan fingerprint density at radius 2 is 1.65 bits per heavy atom. The minimum atomic E-state index is -1.15. The molecule has 1 aliphatic heterocycles. The van der Waals surface area contributed by atoms with E-state index in [1.807, 2.05) is 36.4 Å². The van der Waals surface area contributed by atoms with Gasteiger partial charge in [-0.05, 0) is 49.2 Å². The van der Waals surface area contributed by atoms with Crippen LogP contribution in [-0.2, 0) is 14.3 Å². The van der Waals surface area contributed by atoms with E-state index in [9.17, 15) is 14.7 Å². The summed E-state index contributed by atoms with van der Waals surface area (Å²) in [7, 11) is 0. The topological polar surface area (TPSA) is 75.6 Å². The van der Waals surface area contributed by atoms with Crippen molar-refractivity contribution in [1.29, 1.82) is 0 Å². The molecule has 1 unspecified atom stereocenters. The number of halogens is 2. The molecule has 1 aliphatic rings. The SMILES string of the molecule is CC1=C(C(=O)O)C(c2cc(Cl)cc(Cl)c2)C(C(=O)OCC=Cc2ccccc2)=C(C)N1. The van der Waals surface area contributed by atoms with Gasteiger partial charge in [0.05, 0.1) is 17.1 Å². The molecule has 1 heterocycles. The Labute approximate surface area is 190 Å². The summed E-state index contributed by atoms with van der Waals surface area (Å²) in [6.45, 7) is 3.40. The van der Waals surface area contributed by atoms with Gasteiger partial charge in [0.15, 0.2) is 0 Å². The third-order valence-electron chi connectivity index (χ3n) is 4.85. The molecule has 0 fully saturated rings. The molecule has 0 spiro atoms. The third-order valence-corrected chi connectivity index (χ3v) is 5.29. The summed E-state index contributed by atoms with van der Waals surface area (Å²) in [6, 6.07) is 14.4. The Bertz CT molecular complexity index is 1080. The number of carbonyl (C=O) groups is 2. The van der Waals surface area contributed by atoms with Gasteiger partial charge in [-0.25, -0.2) is 9.59 Å².